The van der Waals surface area contributed by atoms with Gasteiger partial charge in [0, 0.05) is 26.2 Å². The van der Waals surface area contributed by atoms with E-state index in [4.69, 9.17) is 0 Å². The quantitative estimate of drug-likeness (QED) is 0.938. The molecule has 23 heavy (non-hydrogen) atoms. The van der Waals surface area contributed by atoms with E-state index in [0.29, 0.717) is 18.7 Å². The van der Waals surface area contributed by atoms with E-state index in [1.165, 1.54) is 12.1 Å². The van der Waals surface area contributed by atoms with Crippen molar-refractivity contribution in [1.82, 2.24) is 20.0 Å². The van der Waals surface area contributed by atoms with Crippen molar-refractivity contribution < 1.29 is 13.2 Å². The lowest BCUT2D eigenvalue weighted by molar-refractivity contribution is -0.137. The molecule has 1 aromatic carbocycles. The van der Waals surface area contributed by atoms with Gasteiger partial charge < -0.3 is 5.32 Å². The summed E-state index contributed by atoms with van der Waals surface area (Å²) in [5.41, 5.74) is 2.14. The molecule has 2 heterocycles. The normalized spacial score (nSPS) is 15.0. The standard InChI is InChI=1S/C16H19F3N4/c1-22(10-12-3-2-4-13(7-12)16(17,18)19)11-14-8-15-9-20-5-6-23(15)21-14/h2-4,7-8,20H,5-6,9-11H2,1H3. The maximum Gasteiger partial charge on any atom is 0.416 e. The van der Waals surface area contributed by atoms with Gasteiger partial charge in [-0.25, -0.2) is 0 Å². The molecule has 1 N–H and O–H groups in total. The van der Waals surface area contributed by atoms with E-state index >= 15 is 0 Å². The highest BCUT2D eigenvalue weighted by atomic mass is 19.4. The minimum absolute atomic E-state index is 0.449. The van der Waals surface area contributed by atoms with Crippen LogP contribution in [0.25, 0.3) is 0 Å². The minimum atomic E-state index is -4.30. The van der Waals surface area contributed by atoms with Crippen LogP contribution >= 0.6 is 0 Å². The van der Waals surface area contributed by atoms with Crippen LogP contribution in [-0.4, -0.2) is 28.3 Å². The molecular weight excluding hydrogens is 305 g/mol. The van der Waals surface area contributed by atoms with Gasteiger partial charge in [0.15, 0.2) is 0 Å². The van der Waals surface area contributed by atoms with Crippen molar-refractivity contribution in [2.75, 3.05) is 13.6 Å². The summed E-state index contributed by atoms with van der Waals surface area (Å²) in [6.45, 7) is 3.63. The molecule has 0 bridgehead atoms. The molecule has 0 radical (unpaired) electrons. The second-order valence-electron chi connectivity index (χ2n) is 5.90. The van der Waals surface area contributed by atoms with Gasteiger partial charge in [-0.05, 0) is 24.7 Å². The van der Waals surface area contributed by atoms with Crippen molar-refractivity contribution in [2.45, 2.75) is 32.4 Å². The highest BCUT2D eigenvalue weighted by Crippen LogP contribution is 2.29. The Morgan fingerprint density at radius 3 is 2.83 bits per heavy atom. The Hall–Kier alpha value is -1.86. The molecule has 0 amide bonds. The summed E-state index contributed by atoms with van der Waals surface area (Å²) in [5.74, 6) is 0. The van der Waals surface area contributed by atoms with Crippen LogP contribution in [-0.2, 0) is 32.4 Å². The molecule has 2 aromatic rings. The number of fused-ring (bicyclic) bond motifs is 1. The number of nitrogens with one attached hydrogen (secondary N) is 1. The number of nitrogens with zero attached hydrogens (tertiary/aromatic N) is 3. The highest BCUT2D eigenvalue weighted by Gasteiger charge is 2.30. The maximum atomic E-state index is 12.8. The summed E-state index contributed by atoms with van der Waals surface area (Å²) in [4.78, 5) is 1.97. The fourth-order valence-corrected chi connectivity index (χ4v) is 2.82. The first kappa shape index (κ1) is 16.0. The Bertz CT molecular complexity index is 655. The number of rotatable bonds is 4. The zero-order valence-electron chi connectivity index (χ0n) is 12.9. The summed E-state index contributed by atoms with van der Waals surface area (Å²) in [5, 5.41) is 7.83. The van der Waals surface area contributed by atoms with E-state index in [1.807, 2.05) is 16.6 Å². The molecule has 0 saturated carbocycles. The molecule has 0 spiro atoms. The zero-order valence-corrected chi connectivity index (χ0v) is 12.9. The maximum absolute atomic E-state index is 12.8. The first-order chi connectivity index (χ1) is 10.9. The van der Waals surface area contributed by atoms with Crippen molar-refractivity contribution in [1.29, 1.82) is 0 Å². The average Bonchev–Trinajstić information content (AvgIpc) is 2.88. The van der Waals surface area contributed by atoms with E-state index in [0.717, 1.165) is 37.1 Å². The van der Waals surface area contributed by atoms with Gasteiger partial charge in [0.05, 0.1) is 23.5 Å². The predicted molar refractivity (Wildman–Crippen MR) is 80.5 cm³/mol. The van der Waals surface area contributed by atoms with E-state index in [9.17, 15) is 13.2 Å². The van der Waals surface area contributed by atoms with Crippen molar-refractivity contribution in [2.24, 2.45) is 0 Å². The predicted octanol–water partition coefficient (Wildman–Crippen LogP) is 2.64. The Labute approximate surface area is 132 Å². The van der Waals surface area contributed by atoms with E-state index in [-0.39, 0.29) is 0 Å². The van der Waals surface area contributed by atoms with E-state index in [1.54, 1.807) is 6.07 Å². The Kier molecular flexibility index (Phi) is 4.41. The second-order valence-corrected chi connectivity index (χ2v) is 5.90. The van der Waals surface area contributed by atoms with Gasteiger partial charge in [-0.3, -0.25) is 9.58 Å². The number of halogens is 3. The summed E-state index contributed by atoms with van der Waals surface area (Å²) in [6, 6.07) is 7.52. The lowest BCUT2D eigenvalue weighted by Crippen LogP contribution is -2.28. The molecule has 0 unspecified atom stereocenters. The van der Waals surface area contributed by atoms with Gasteiger partial charge in [0.1, 0.15) is 0 Å². The zero-order chi connectivity index (χ0) is 16.4. The van der Waals surface area contributed by atoms with Crippen molar-refractivity contribution in [3.63, 3.8) is 0 Å². The lowest BCUT2D eigenvalue weighted by atomic mass is 10.1. The van der Waals surface area contributed by atoms with Gasteiger partial charge in [-0.2, -0.15) is 18.3 Å². The molecule has 1 aliphatic heterocycles. The first-order valence-electron chi connectivity index (χ1n) is 7.53. The van der Waals surface area contributed by atoms with Gasteiger partial charge in [0.25, 0.3) is 0 Å². The SMILES string of the molecule is CN(Cc1cccc(C(F)(F)F)c1)Cc1cc2n(n1)CCNC2. The Morgan fingerprint density at radius 2 is 2.09 bits per heavy atom. The number of hydrogen-bond acceptors (Lipinski definition) is 3. The van der Waals surface area contributed by atoms with Crippen LogP contribution in [0.1, 0.15) is 22.5 Å². The average molecular weight is 324 g/mol. The number of alkyl halides is 3. The largest absolute Gasteiger partial charge is 0.416 e. The van der Waals surface area contributed by atoms with E-state index in [2.05, 4.69) is 16.5 Å². The summed E-state index contributed by atoms with van der Waals surface area (Å²) in [6.07, 6.45) is -4.30. The van der Waals surface area contributed by atoms with Crippen LogP contribution < -0.4 is 5.32 Å². The number of benzene rings is 1. The minimum Gasteiger partial charge on any atom is -0.309 e. The molecule has 3 rings (SSSR count). The monoisotopic (exact) mass is 324 g/mol. The van der Waals surface area contributed by atoms with Gasteiger partial charge in [-0.15, -0.1) is 0 Å². The molecule has 1 aromatic heterocycles. The van der Waals surface area contributed by atoms with Crippen LogP contribution in [0.3, 0.4) is 0 Å². The highest BCUT2D eigenvalue weighted by molar-refractivity contribution is 5.25. The van der Waals surface area contributed by atoms with Crippen LogP contribution in [0.5, 0.6) is 0 Å². The second kappa shape index (κ2) is 6.33. The smallest absolute Gasteiger partial charge is 0.309 e. The third kappa shape index (κ3) is 3.92. The van der Waals surface area contributed by atoms with Gasteiger partial charge in [0.2, 0.25) is 0 Å². The number of aromatic nitrogens is 2. The Morgan fingerprint density at radius 1 is 1.26 bits per heavy atom. The summed E-state index contributed by atoms with van der Waals surface area (Å²) >= 11 is 0. The molecular formula is C16H19F3N4. The topological polar surface area (TPSA) is 33.1 Å². The summed E-state index contributed by atoms with van der Waals surface area (Å²) < 4.78 is 40.2. The third-order valence-corrected chi connectivity index (χ3v) is 3.86. The lowest BCUT2D eigenvalue weighted by Gasteiger charge is -2.16. The van der Waals surface area contributed by atoms with Crippen molar-refractivity contribution >= 4 is 0 Å². The first-order valence-corrected chi connectivity index (χ1v) is 7.53. The van der Waals surface area contributed by atoms with Crippen LogP contribution in [0, 0.1) is 0 Å². The molecule has 124 valence electrons. The van der Waals surface area contributed by atoms with Crippen LogP contribution in [0.4, 0.5) is 13.2 Å². The summed E-state index contributed by atoms with van der Waals surface area (Å²) in [7, 11) is 1.89. The van der Waals surface area contributed by atoms with Gasteiger partial charge >= 0.3 is 6.18 Å². The van der Waals surface area contributed by atoms with Crippen LogP contribution in [0.2, 0.25) is 0 Å². The van der Waals surface area contributed by atoms with Gasteiger partial charge in [-0.1, -0.05) is 18.2 Å². The van der Waals surface area contributed by atoms with Crippen molar-refractivity contribution in [3.8, 4) is 0 Å². The molecule has 0 fully saturated rings. The van der Waals surface area contributed by atoms with E-state index < -0.39 is 11.7 Å². The molecule has 4 nitrogen and oxygen atoms in total. The van der Waals surface area contributed by atoms with Crippen LogP contribution in [0.15, 0.2) is 30.3 Å². The molecule has 0 aliphatic carbocycles. The molecule has 7 heteroatoms. The fraction of sp³-hybridized carbons (Fsp3) is 0.438. The molecule has 0 atom stereocenters. The Balaban J connectivity index is 1.65. The van der Waals surface area contributed by atoms with Crippen molar-refractivity contribution in [3.05, 3.63) is 52.8 Å². The number of hydrogen-bond donors (Lipinski definition) is 1. The molecule has 1 aliphatic rings. The third-order valence-electron chi connectivity index (χ3n) is 3.86. The molecule has 0 saturated heterocycles. The fourth-order valence-electron chi connectivity index (χ4n) is 2.82.